The van der Waals surface area contributed by atoms with Crippen molar-refractivity contribution in [2.45, 2.75) is 13.8 Å². The van der Waals surface area contributed by atoms with Gasteiger partial charge in [0.15, 0.2) is 0 Å². The lowest BCUT2D eigenvalue weighted by Crippen LogP contribution is -2.17. The molecule has 156 valence electrons. The van der Waals surface area contributed by atoms with E-state index in [0.717, 1.165) is 0 Å². The molecule has 0 rings (SSSR count). The summed E-state index contributed by atoms with van der Waals surface area (Å²) < 4.78 is 41.0. The second kappa shape index (κ2) is 22.1. The highest BCUT2D eigenvalue weighted by atomic mass is 16.7. The van der Waals surface area contributed by atoms with Gasteiger partial charge in [0, 0.05) is 13.2 Å². The van der Waals surface area contributed by atoms with Gasteiger partial charge < -0.3 is 37.9 Å². The molecule has 0 heterocycles. The van der Waals surface area contributed by atoms with E-state index in [9.17, 15) is 4.79 Å². The van der Waals surface area contributed by atoms with Crippen LogP contribution in [0.1, 0.15) is 13.8 Å². The van der Waals surface area contributed by atoms with Crippen LogP contribution in [0.15, 0.2) is 0 Å². The molecule has 0 saturated carbocycles. The molecule has 0 aromatic carbocycles. The Balaban J connectivity index is 3.13. The Labute approximate surface area is 156 Å². The molecule has 0 aliphatic carbocycles. The van der Waals surface area contributed by atoms with E-state index in [4.69, 9.17) is 37.9 Å². The molecule has 0 radical (unpaired) electrons. The first-order chi connectivity index (χ1) is 12.8. The largest absolute Gasteiger partial charge is 0.508 e. The molecule has 26 heavy (non-hydrogen) atoms. The van der Waals surface area contributed by atoms with Gasteiger partial charge in [-0.1, -0.05) is 0 Å². The average Bonchev–Trinajstić information content (AvgIpc) is 2.64. The van der Waals surface area contributed by atoms with Crippen LogP contribution in [0.2, 0.25) is 0 Å². The van der Waals surface area contributed by atoms with E-state index in [1.54, 1.807) is 0 Å². The van der Waals surface area contributed by atoms with E-state index in [1.165, 1.54) is 0 Å². The van der Waals surface area contributed by atoms with Gasteiger partial charge in [-0.25, -0.2) is 4.79 Å². The summed E-state index contributed by atoms with van der Waals surface area (Å²) in [5.41, 5.74) is 0. The van der Waals surface area contributed by atoms with Crippen LogP contribution in [0.4, 0.5) is 4.79 Å². The molecule has 0 aliphatic rings. The van der Waals surface area contributed by atoms with Crippen LogP contribution in [0, 0.1) is 0 Å². The smallest absolute Gasteiger partial charge is 0.432 e. The third kappa shape index (κ3) is 21.1. The van der Waals surface area contributed by atoms with Crippen molar-refractivity contribution in [3.8, 4) is 0 Å². The summed E-state index contributed by atoms with van der Waals surface area (Å²) in [6.45, 7) is 10.1. The molecule has 0 unspecified atom stereocenters. The fourth-order valence-corrected chi connectivity index (χ4v) is 1.58. The summed E-state index contributed by atoms with van der Waals surface area (Å²) in [4.78, 5) is 11.3. The third-order valence-electron chi connectivity index (χ3n) is 2.79. The molecule has 0 saturated heterocycles. The van der Waals surface area contributed by atoms with Crippen molar-refractivity contribution in [3.05, 3.63) is 0 Å². The highest BCUT2D eigenvalue weighted by molar-refractivity contribution is 5.59. The monoisotopic (exact) mass is 382 g/mol. The van der Waals surface area contributed by atoms with Gasteiger partial charge in [-0.3, -0.25) is 0 Å². The maximum absolute atomic E-state index is 11.3. The Bertz CT molecular complexity index is 263. The van der Waals surface area contributed by atoms with Gasteiger partial charge in [0.1, 0.15) is 13.2 Å². The van der Waals surface area contributed by atoms with Crippen molar-refractivity contribution >= 4 is 6.16 Å². The van der Waals surface area contributed by atoms with Crippen molar-refractivity contribution in [2.75, 3.05) is 92.5 Å². The van der Waals surface area contributed by atoms with Crippen LogP contribution in [-0.2, 0) is 37.9 Å². The maximum atomic E-state index is 11.3. The van der Waals surface area contributed by atoms with Crippen molar-refractivity contribution in [1.29, 1.82) is 0 Å². The van der Waals surface area contributed by atoms with Crippen LogP contribution in [-0.4, -0.2) is 98.7 Å². The first-order valence-corrected chi connectivity index (χ1v) is 9.07. The molecule has 0 aromatic rings. The Morgan fingerprint density at radius 2 is 0.731 bits per heavy atom. The first-order valence-electron chi connectivity index (χ1n) is 9.07. The van der Waals surface area contributed by atoms with Crippen LogP contribution >= 0.6 is 0 Å². The second-order valence-electron chi connectivity index (χ2n) is 4.79. The van der Waals surface area contributed by atoms with E-state index < -0.39 is 6.16 Å². The maximum Gasteiger partial charge on any atom is 0.508 e. The summed E-state index contributed by atoms with van der Waals surface area (Å²) in [5.74, 6) is 0. The zero-order valence-electron chi connectivity index (χ0n) is 16.1. The van der Waals surface area contributed by atoms with Gasteiger partial charge in [-0.15, -0.1) is 0 Å². The molecule has 0 spiro atoms. The normalized spacial score (nSPS) is 10.8. The predicted molar refractivity (Wildman–Crippen MR) is 93.6 cm³/mol. The summed E-state index contributed by atoms with van der Waals surface area (Å²) in [6, 6.07) is 0. The van der Waals surface area contributed by atoms with Crippen molar-refractivity contribution < 1.29 is 42.7 Å². The SMILES string of the molecule is CCOCCOCCOCCOC(=O)OCCOCCOCCOCC. The van der Waals surface area contributed by atoms with Gasteiger partial charge in [0.25, 0.3) is 0 Å². The lowest BCUT2D eigenvalue weighted by atomic mass is 10.7. The standard InChI is InChI=1S/C17H34O9/c1-3-19-5-7-21-9-11-23-13-15-25-17(18)26-16-14-24-12-10-22-8-6-20-4-2/h3-16H2,1-2H3. The zero-order chi connectivity index (χ0) is 19.1. The lowest BCUT2D eigenvalue weighted by Gasteiger charge is -2.08. The topological polar surface area (TPSA) is 90.9 Å². The summed E-state index contributed by atoms with van der Waals surface area (Å²) in [5, 5.41) is 0. The molecule has 0 bridgehead atoms. The molecule has 0 amide bonds. The van der Waals surface area contributed by atoms with Gasteiger partial charge in [0.2, 0.25) is 0 Å². The Morgan fingerprint density at radius 3 is 1.04 bits per heavy atom. The molecule has 0 aliphatic heterocycles. The highest BCUT2D eigenvalue weighted by Crippen LogP contribution is 1.88. The third-order valence-corrected chi connectivity index (χ3v) is 2.79. The number of carbonyl (C=O) groups excluding carboxylic acids is 1. The van der Waals surface area contributed by atoms with Crippen LogP contribution < -0.4 is 0 Å². The number of hydrogen-bond donors (Lipinski definition) is 0. The Morgan fingerprint density at radius 1 is 0.462 bits per heavy atom. The van der Waals surface area contributed by atoms with Crippen LogP contribution in [0.25, 0.3) is 0 Å². The van der Waals surface area contributed by atoms with Crippen LogP contribution in [0.5, 0.6) is 0 Å². The zero-order valence-corrected chi connectivity index (χ0v) is 16.1. The second-order valence-corrected chi connectivity index (χ2v) is 4.79. The Kier molecular flexibility index (Phi) is 21.2. The molecule has 0 atom stereocenters. The minimum Gasteiger partial charge on any atom is -0.432 e. The van der Waals surface area contributed by atoms with Crippen molar-refractivity contribution in [3.63, 3.8) is 0 Å². The van der Waals surface area contributed by atoms with E-state index in [2.05, 4.69) is 0 Å². The first kappa shape index (κ1) is 25.0. The van der Waals surface area contributed by atoms with Gasteiger partial charge >= 0.3 is 6.16 Å². The number of ether oxygens (including phenoxy) is 8. The van der Waals surface area contributed by atoms with Gasteiger partial charge in [0.05, 0.1) is 66.1 Å². The van der Waals surface area contributed by atoms with Gasteiger partial charge in [-0.05, 0) is 13.8 Å². The van der Waals surface area contributed by atoms with Crippen molar-refractivity contribution in [2.24, 2.45) is 0 Å². The van der Waals surface area contributed by atoms with Crippen molar-refractivity contribution in [1.82, 2.24) is 0 Å². The summed E-state index contributed by atoms with van der Waals surface area (Å²) >= 11 is 0. The molecule has 0 N–H and O–H groups in total. The number of rotatable bonds is 20. The number of hydrogen-bond acceptors (Lipinski definition) is 9. The molecule has 0 aromatic heterocycles. The summed E-state index contributed by atoms with van der Waals surface area (Å²) in [6.07, 6.45) is -0.738. The lowest BCUT2D eigenvalue weighted by molar-refractivity contribution is -0.0138. The quantitative estimate of drug-likeness (QED) is 0.228. The fourth-order valence-electron chi connectivity index (χ4n) is 1.58. The fraction of sp³-hybridized carbons (Fsp3) is 0.941. The highest BCUT2D eigenvalue weighted by Gasteiger charge is 2.03. The van der Waals surface area contributed by atoms with E-state index in [1.807, 2.05) is 13.8 Å². The van der Waals surface area contributed by atoms with E-state index in [-0.39, 0.29) is 13.2 Å². The molecule has 9 heteroatoms. The minimum absolute atomic E-state index is 0.131. The summed E-state index contributed by atoms with van der Waals surface area (Å²) in [7, 11) is 0. The average molecular weight is 382 g/mol. The molecular weight excluding hydrogens is 348 g/mol. The number of carbonyl (C=O) groups is 1. The predicted octanol–water partition coefficient (Wildman–Crippen LogP) is 1.28. The molecular formula is C17H34O9. The van der Waals surface area contributed by atoms with E-state index in [0.29, 0.717) is 79.3 Å². The van der Waals surface area contributed by atoms with Crippen LogP contribution in [0.3, 0.4) is 0 Å². The molecule has 0 fully saturated rings. The van der Waals surface area contributed by atoms with Gasteiger partial charge in [-0.2, -0.15) is 0 Å². The molecule has 9 nitrogen and oxygen atoms in total. The minimum atomic E-state index is -0.738. The Hall–Kier alpha value is -0.970. The van der Waals surface area contributed by atoms with E-state index >= 15 is 0 Å².